The van der Waals surface area contributed by atoms with E-state index in [-0.39, 0.29) is 0 Å². The molecule has 2 saturated carbocycles. The molecule has 344 valence electrons. The van der Waals surface area contributed by atoms with Crippen molar-refractivity contribution < 1.29 is 24.5 Å². The number of benzene rings is 1. The zero-order valence-electron chi connectivity index (χ0n) is 37.2. The SMILES string of the molecule is O=C(O)CC1CCC(C2CCN(c3ccc(-c4nc(-c5cc(Cl)cc(-[n+]6[nH]c(-c7ccc(N8CCC(C9CCC(CC(=O)O)CC9)CC8)nc7)nc6-c6cccs6)c5)n[nH]4)cn3)CC2)CC1. The van der Waals surface area contributed by atoms with Crippen LogP contribution in [-0.4, -0.2) is 83.6 Å². The molecule has 6 aromatic rings. The number of nitrogens with zero attached hydrogens (tertiary/aromatic N) is 8. The molecule has 0 atom stereocenters. The molecular weight excluding hydrogens is 872 g/mol. The molecule has 4 aliphatic rings. The zero-order valence-corrected chi connectivity index (χ0v) is 38.8. The fourth-order valence-electron chi connectivity index (χ4n) is 11.4. The number of aromatic nitrogens is 8. The largest absolute Gasteiger partial charge is 0.481 e. The predicted octanol–water partition coefficient (Wildman–Crippen LogP) is 9.97. The van der Waals surface area contributed by atoms with Crippen LogP contribution in [-0.2, 0) is 9.59 Å². The van der Waals surface area contributed by atoms with Crippen LogP contribution in [0.5, 0.6) is 0 Å². The summed E-state index contributed by atoms with van der Waals surface area (Å²) in [5, 5.41) is 32.3. The second kappa shape index (κ2) is 19.7. The molecule has 16 heteroatoms. The number of pyridine rings is 2. The maximum absolute atomic E-state index is 11.2. The Balaban J connectivity index is 0.790. The van der Waals surface area contributed by atoms with Gasteiger partial charge in [-0.1, -0.05) is 17.7 Å². The molecule has 7 heterocycles. The molecule has 5 aromatic heterocycles. The number of carbonyl (C=O) groups is 2. The highest BCUT2D eigenvalue weighted by molar-refractivity contribution is 7.13. The smallest absolute Gasteiger partial charge is 0.366 e. The molecule has 66 heavy (non-hydrogen) atoms. The highest BCUT2D eigenvalue weighted by Gasteiger charge is 2.33. The highest BCUT2D eigenvalue weighted by Crippen LogP contribution is 2.41. The van der Waals surface area contributed by atoms with Crippen molar-refractivity contribution in [2.45, 2.75) is 89.9 Å². The normalized spacial score (nSPS) is 22.1. The predicted molar refractivity (Wildman–Crippen MR) is 256 cm³/mol. The maximum Gasteiger partial charge on any atom is 0.366 e. The first kappa shape index (κ1) is 44.2. The molecule has 4 N–H and O–H groups in total. The maximum atomic E-state index is 11.2. The summed E-state index contributed by atoms with van der Waals surface area (Å²) in [6, 6.07) is 18.2. The van der Waals surface area contributed by atoms with Gasteiger partial charge in [0.05, 0.1) is 5.56 Å². The van der Waals surface area contributed by atoms with E-state index in [4.69, 9.17) is 31.5 Å². The van der Waals surface area contributed by atoms with E-state index in [1.54, 1.807) is 11.3 Å². The Morgan fingerprint density at radius 1 is 0.667 bits per heavy atom. The van der Waals surface area contributed by atoms with E-state index in [1.807, 2.05) is 52.8 Å². The number of piperidine rings is 2. The summed E-state index contributed by atoms with van der Waals surface area (Å²) in [6.45, 7) is 3.91. The Morgan fingerprint density at radius 3 is 1.71 bits per heavy atom. The quantitative estimate of drug-likeness (QED) is 0.0810. The topological polar surface area (TPSA) is 181 Å². The first-order valence-electron chi connectivity index (χ1n) is 23.8. The van der Waals surface area contributed by atoms with Crippen LogP contribution in [0, 0.1) is 35.5 Å². The van der Waals surface area contributed by atoms with Crippen LogP contribution in [0.1, 0.15) is 89.9 Å². The van der Waals surface area contributed by atoms with Crippen LogP contribution in [0.2, 0.25) is 5.02 Å². The van der Waals surface area contributed by atoms with Gasteiger partial charge in [0.1, 0.15) is 16.5 Å². The first-order valence-corrected chi connectivity index (χ1v) is 25.1. The third kappa shape index (κ3) is 10.0. The number of thiophene rings is 1. The summed E-state index contributed by atoms with van der Waals surface area (Å²) in [7, 11) is 0. The Morgan fingerprint density at radius 2 is 1.21 bits per heavy atom. The van der Waals surface area contributed by atoms with Gasteiger partial charge >= 0.3 is 17.8 Å². The third-order valence-corrected chi connectivity index (χ3v) is 16.2. The fraction of sp³-hybridized carbons (Fsp3) is 0.480. The van der Waals surface area contributed by atoms with Gasteiger partial charge in [0.15, 0.2) is 17.3 Å². The molecule has 0 amide bonds. The van der Waals surface area contributed by atoms with Crippen LogP contribution in [0.3, 0.4) is 0 Å². The van der Waals surface area contributed by atoms with Crippen LogP contribution < -0.4 is 14.5 Å². The zero-order chi connectivity index (χ0) is 45.1. The van der Waals surface area contributed by atoms with Gasteiger partial charge in [0, 0.05) is 73.6 Å². The van der Waals surface area contributed by atoms with Crippen LogP contribution in [0.15, 0.2) is 72.4 Å². The van der Waals surface area contributed by atoms with E-state index in [0.717, 1.165) is 148 Å². The van der Waals surface area contributed by atoms with E-state index < -0.39 is 11.9 Å². The van der Waals surface area contributed by atoms with Crippen molar-refractivity contribution in [3.05, 3.63) is 77.4 Å². The van der Waals surface area contributed by atoms with Crippen molar-refractivity contribution in [1.82, 2.24) is 35.2 Å². The number of carboxylic acid groups (broad SMARTS) is 2. The summed E-state index contributed by atoms with van der Waals surface area (Å²) in [4.78, 5) is 47.9. The van der Waals surface area contributed by atoms with Gasteiger partial charge < -0.3 is 20.0 Å². The first-order chi connectivity index (χ1) is 32.2. The van der Waals surface area contributed by atoms with Gasteiger partial charge in [-0.25, -0.2) is 15.0 Å². The Kier molecular flexibility index (Phi) is 13.2. The number of anilines is 2. The standard InChI is InChI=1S/C50H57ClN10O4S/c51-40-26-39(48-54-47(56-57-48)37-11-13-43(52-29-37)59-19-15-35(16-20-59)33-7-3-31(4-8-33)24-45(62)63)27-41(28-40)61-50(42-2-1-23-66-42)55-49(58-61)38-12-14-44(53-30-38)60-21-17-36(18-22-60)34-9-5-32(6-10-34)25-46(64)65/h1-2,11-14,23,26-36H,3-10,15-22,24-25H2,(H3,54,56,57,62,63,64,65)/p+1. The van der Waals surface area contributed by atoms with Crippen LogP contribution >= 0.6 is 22.9 Å². The van der Waals surface area contributed by atoms with E-state index in [1.165, 1.54) is 0 Å². The second-order valence-corrected chi connectivity index (χ2v) is 20.5. The van der Waals surface area contributed by atoms with E-state index in [9.17, 15) is 19.8 Å². The number of rotatable bonds is 13. The molecule has 4 fully saturated rings. The average molecular weight is 931 g/mol. The fourth-order valence-corrected chi connectivity index (χ4v) is 12.4. The number of carboxylic acids is 2. The van der Waals surface area contributed by atoms with Crippen molar-refractivity contribution in [3.8, 4) is 50.6 Å². The Bertz CT molecular complexity index is 2590. The lowest BCUT2D eigenvalue weighted by Gasteiger charge is -2.39. The Labute approximate surface area is 393 Å². The summed E-state index contributed by atoms with van der Waals surface area (Å²) < 4.78 is 1.95. The molecule has 0 radical (unpaired) electrons. The van der Waals surface area contributed by atoms with E-state index >= 15 is 0 Å². The summed E-state index contributed by atoms with van der Waals surface area (Å²) in [5.74, 6) is 6.68. The number of hydrogen-bond acceptors (Lipinski definition) is 10. The lowest BCUT2D eigenvalue weighted by Crippen LogP contribution is -2.37. The van der Waals surface area contributed by atoms with E-state index in [2.05, 4.69) is 49.4 Å². The van der Waals surface area contributed by atoms with Crippen molar-refractivity contribution in [1.29, 1.82) is 0 Å². The molecule has 2 saturated heterocycles. The number of nitrogens with one attached hydrogen (secondary N) is 2. The number of hydrogen-bond donors (Lipinski definition) is 4. The van der Waals surface area contributed by atoms with Gasteiger partial charge in [-0.2, -0.15) is 10.2 Å². The van der Waals surface area contributed by atoms with Crippen LogP contribution in [0.25, 0.3) is 50.6 Å². The monoisotopic (exact) mass is 929 g/mol. The minimum atomic E-state index is -0.667. The number of H-pyrrole nitrogens is 2. The van der Waals surface area contributed by atoms with Crippen molar-refractivity contribution >= 4 is 46.5 Å². The number of aliphatic carboxylic acids is 2. The van der Waals surface area contributed by atoms with Gasteiger partial charge in [-0.15, -0.1) is 16.0 Å². The van der Waals surface area contributed by atoms with E-state index in [0.29, 0.717) is 70.8 Å². The van der Waals surface area contributed by atoms with Gasteiger partial charge in [-0.05, 0) is 165 Å². The highest BCUT2D eigenvalue weighted by atomic mass is 35.5. The second-order valence-electron chi connectivity index (χ2n) is 19.1. The van der Waals surface area contributed by atoms with Gasteiger partial charge in [0.25, 0.3) is 5.82 Å². The minimum Gasteiger partial charge on any atom is -0.481 e. The van der Waals surface area contributed by atoms with Gasteiger partial charge in [-0.3, -0.25) is 14.7 Å². The molecule has 1 aromatic carbocycles. The molecule has 2 aliphatic heterocycles. The van der Waals surface area contributed by atoms with Crippen LogP contribution in [0.4, 0.5) is 11.6 Å². The molecule has 0 spiro atoms. The number of aromatic amines is 2. The third-order valence-electron chi connectivity index (χ3n) is 15.1. The lowest BCUT2D eigenvalue weighted by atomic mass is 9.72. The lowest BCUT2D eigenvalue weighted by molar-refractivity contribution is -0.644. The number of halogens is 1. The molecule has 0 unspecified atom stereocenters. The van der Waals surface area contributed by atoms with Crippen molar-refractivity contribution in [3.63, 3.8) is 0 Å². The van der Waals surface area contributed by atoms with Crippen molar-refractivity contribution in [2.24, 2.45) is 35.5 Å². The molecule has 14 nitrogen and oxygen atoms in total. The Hall–Kier alpha value is -5.67. The molecule has 10 rings (SSSR count). The summed E-state index contributed by atoms with van der Waals surface area (Å²) >= 11 is 8.44. The molecular formula is C50H58ClN10O4S+. The van der Waals surface area contributed by atoms with Crippen molar-refractivity contribution in [2.75, 3.05) is 36.0 Å². The molecule has 2 aliphatic carbocycles. The molecule has 0 bridgehead atoms. The summed E-state index contributed by atoms with van der Waals surface area (Å²) in [5.41, 5.74) is 3.26. The summed E-state index contributed by atoms with van der Waals surface area (Å²) in [6.07, 6.45) is 17.7. The average Bonchev–Trinajstić information content (AvgIpc) is 4.15. The minimum absolute atomic E-state index is 0.312. The van der Waals surface area contributed by atoms with Gasteiger partial charge in [0.2, 0.25) is 0 Å².